The first kappa shape index (κ1) is 8.66. The van der Waals surface area contributed by atoms with Crippen LogP contribution in [0, 0.1) is 0 Å². The second kappa shape index (κ2) is 4.35. The molecule has 0 aliphatic carbocycles. The SMILES string of the molecule is c1cncc(COC[C@H]2CCN2)c1. The highest BCUT2D eigenvalue weighted by Crippen LogP contribution is 2.04. The molecule has 3 heteroatoms. The zero-order valence-electron chi connectivity index (χ0n) is 7.57. The van der Waals surface area contributed by atoms with Gasteiger partial charge in [0, 0.05) is 18.4 Å². The predicted octanol–water partition coefficient (Wildman–Crippen LogP) is 0.960. The summed E-state index contributed by atoms with van der Waals surface area (Å²) in [5, 5.41) is 3.29. The third kappa shape index (κ3) is 2.50. The Morgan fingerprint density at radius 3 is 3.15 bits per heavy atom. The summed E-state index contributed by atoms with van der Waals surface area (Å²) in [6, 6.07) is 4.54. The van der Waals surface area contributed by atoms with Crippen molar-refractivity contribution in [3.63, 3.8) is 0 Å². The number of ether oxygens (including phenoxy) is 1. The van der Waals surface area contributed by atoms with Gasteiger partial charge in [-0.15, -0.1) is 0 Å². The first-order valence-corrected chi connectivity index (χ1v) is 4.65. The molecule has 0 saturated carbocycles. The van der Waals surface area contributed by atoms with Crippen LogP contribution in [-0.2, 0) is 11.3 Å². The molecule has 0 unspecified atom stereocenters. The van der Waals surface area contributed by atoms with E-state index < -0.39 is 0 Å². The maximum atomic E-state index is 5.52. The average Bonchev–Trinajstić information content (AvgIpc) is 2.11. The molecule has 1 atom stereocenters. The van der Waals surface area contributed by atoms with Crippen molar-refractivity contribution in [3.8, 4) is 0 Å². The van der Waals surface area contributed by atoms with Gasteiger partial charge in [-0.3, -0.25) is 4.98 Å². The highest BCUT2D eigenvalue weighted by molar-refractivity contribution is 5.06. The number of aromatic nitrogens is 1. The molecule has 0 radical (unpaired) electrons. The molecule has 0 spiro atoms. The van der Waals surface area contributed by atoms with Gasteiger partial charge in [0.25, 0.3) is 0 Å². The van der Waals surface area contributed by atoms with Crippen molar-refractivity contribution in [2.45, 2.75) is 19.1 Å². The van der Waals surface area contributed by atoms with Crippen LogP contribution in [0.4, 0.5) is 0 Å². The first-order valence-electron chi connectivity index (χ1n) is 4.65. The van der Waals surface area contributed by atoms with E-state index in [-0.39, 0.29) is 0 Å². The van der Waals surface area contributed by atoms with Gasteiger partial charge in [-0.2, -0.15) is 0 Å². The molecular weight excluding hydrogens is 164 g/mol. The smallest absolute Gasteiger partial charge is 0.0732 e. The summed E-state index contributed by atoms with van der Waals surface area (Å²) in [5.41, 5.74) is 1.14. The predicted molar refractivity (Wildman–Crippen MR) is 50.3 cm³/mol. The van der Waals surface area contributed by atoms with E-state index in [9.17, 15) is 0 Å². The second-order valence-electron chi connectivity index (χ2n) is 3.32. The summed E-state index contributed by atoms with van der Waals surface area (Å²) >= 11 is 0. The summed E-state index contributed by atoms with van der Waals surface area (Å²) in [6.45, 7) is 2.63. The lowest BCUT2D eigenvalue weighted by atomic mass is 10.1. The van der Waals surface area contributed by atoms with Crippen molar-refractivity contribution in [1.82, 2.24) is 10.3 Å². The normalized spacial score (nSPS) is 21.1. The fourth-order valence-corrected chi connectivity index (χ4v) is 1.29. The fourth-order valence-electron chi connectivity index (χ4n) is 1.29. The van der Waals surface area contributed by atoms with E-state index in [0.29, 0.717) is 12.6 Å². The van der Waals surface area contributed by atoms with Gasteiger partial charge in [-0.1, -0.05) is 6.07 Å². The van der Waals surface area contributed by atoms with Crippen molar-refractivity contribution >= 4 is 0 Å². The largest absolute Gasteiger partial charge is 0.375 e. The minimum atomic E-state index is 0.580. The minimum Gasteiger partial charge on any atom is -0.375 e. The molecule has 1 aliphatic rings. The fraction of sp³-hybridized carbons (Fsp3) is 0.500. The lowest BCUT2D eigenvalue weighted by molar-refractivity contribution is 0.0806. The molecule has 13 heavy (non-hydrogen) atoms. The van der Waals surface area contributed by atoms with E-state index >= 15 is 0 Å². The summed E-state index contributed by atoms with van der Waals surface area (Å²) < 4.78 is 5.52. The molecule has 70 valence electrons. The van der Waals surface area contributed by atoms with Crippen LogP contribution in [0.15, 0.2) is 24.5 Å². The van der Waals surface area contributed by atoms with Crippen LogP contribution in [0.5, 0.6) is 0 Å². The Balaban J connectivity index is 1.67. The van der Waals surface area contributed by atoms with Crippen molar-refractivity contribution < 1.29 is 4.74 Å². The molecule has 1 saturated heterocycles. The Hall–Kier alpha value is -0.930. The van der Waals surface area contributed by atoms with E-state index in [1.807, 2.05) is 18.3 Å². The Morgan fingerprint density at radius 2 is 2.54 bits per heavy atom. The van der Waals surface area contributed by atoms with E-state index in [1.54, 1.807) is 6.20 Å². The van der Waals surface area contributed by atoms with Crippen molar-refractivity contribution in [3.05, 3.63) is 30.1 Å². The molecule has 2 rings (SSSR count). The monoisotopic (exact) mass is 178 g/mol. The molecule has 1 aromatic heterocycles. The molecule has 3 nitrogen and oxygen atoms in total. The quantitative estimate of drug-likeness (QED) is 0.745. The van der Waals surface area contributed by atoms with E-state index in [4.69, 9.17) is 4.74 Å². The molecule has 1 aromatic rings. The van der Waals surface area contributed by atoms with Crippen LogP contribution in [0.25, 0.3) is 0 Å². The second-order valence-corrected chi connectivity index (χ2v) is 3.32. The number of pyridine rings is 1. The number of nitrogens with zero attached hydrogens (tertiary/aromatic N) is 1. The number of rotatable bonds is 4. The molecule has 1 N–H and O–H groups in total. The van der Waals surface area contributed by atoms with Crippen LogP contribution in [0.3, 0.4) is 0 Å². The first-order chi connectivity index (χ1) is 6.45. The molecule has 0 aromatic carbocycles. The standard InChI is InChI=1S/C10H14N2O/c1-2-9(6-11-4-1)7-13-8-10-3-5-12-10/h1-2,4,6,10,12H,3,5,7-8H2/t10-/m1/s1. The van der Waals surface area contributed by atoms with Gasteiger partial charge < -0.3 is 10.1 Å². The maximum Gasteiger partial charge on any atom is 0.0732 e. The zero-order chi connectivity index (χ0) is 8.93. The van der Waals surface area contributed by atoms with Crippen LogP contribution >= 0.6 is 0 Å². The average molecular weight is 178 g/mol. The molecular formula is C10H14N2O. The Labute approximate surface area is 78.1 Å². The molecule has 1 fully saturated rings. The Kier molecular flexibility index (Phi) is 2.90. The van der Waals surface area contributed by atoms with Gasteiger partial charge in [-0.25, -0.2) is 0 Å². The molecule has 0 amide bonds. The summed E-state index contributed by atoms with van der Waals surface area (Å²) in [7, 11) is 0. The third-order valence-electron chi connectivity index (χ3n) is 2.24. The summed E-state index contributed by atoms with van der Waals surface area (Å²) in [4.78, 5) is 4.02. The number of hydrogen-bond acceptors (Lipinski definition) is 3. The molecule has 0 bridgehead atoms. The molecule has 2 heterocycles. The summed E-state index contributed by atoms with van der Waals surface area (Å²) in [6.07, 6.45) is 4.86. The number of hydrogen-bond donors (Lipinski definition) is 1. The Morgan fingerprint density at radius 1 is 1.62 bits per heavy atom. The van der Waals surface area contributed by atoms with Crippen LogP contribution in [-0.4, -0.2) is 24.2 Å². The molecule has 1 aliphatic heterocycles. The summed E-state index contributed by atoms with van der Waals surface area (Å²) in [5.74, 6) is 0. The topological polar surface area (TPSA) is 34.1 Å². The lowest BCUT2D eigenvalue weighted by Gasteiger charge is -2.27. The Bertz CT molecular complexity index is 246. The van der Waals surface area contributed by atoms with Gasteiger partial charge in [0.1, 0.15) is 0 Å². The van der Waals surface area contributed by atoms with Crippen molar-refractivity contribution in [1.29, 1.82) is 0 Å². The van der Waals surface area contributed by atoms with E-state index in [2.05, 4.69) is 10.3 Å². The van der Waals surface area contributed by atoms with Crippen LogP contribution < -0.4 is 5.32 Å². The maximum absolute atomic E-state index is 5.52. The van der Waals surface area contributed by atoms with Crippen molar-refractivity contribution in [2.24, 2.45) is 0 Å². The van der Waals surface area contributed by atoms with E-state index in [1.165, 1.54) is 6.42 Å². The van der Waals surface area contributed by atoms with Gasteiger partial charge in [-0.05, 0) is 24.6 Å². The van der Waals surface area contributed by atoms with Gasteiger partial charge >= 0.3 is 0 Å². The van der Waals surface area contributed by atoms with Crippen LogP contribution in [0.1, 0.15) is 12.0 Å². The van der Waals surface area contributed by atoms with Gasteiger partial charge in [0.15, 0.2) is 0 Å². The van der Waals surface area contributed by atoms with Gasteiger partial charge in [0.05, 0.1) is 13.2 Å². The number of nitrogens with one attached hydrogen (secondary N) is 1. The third-order valence-corrected chi connectivity index (χ3v) is 2.24. The zero-order valence-corrected chi connectivity index (χ0v) is 7.57. The highest BCUT2D eigenvalue weighted by atomic mass is 16.5. The minimum absolute atomic E-state index is 0.580. The van der Waals surface area contributed by atoms with Gasteiger partial charge in [0.2, 0.25) is 0 Å². The lowest BCUT2D eigenvalue weighted by Crippen LogP contribution is -2.45. The van der Waals surface area contributed by atoms with Crippen LogP contribution in [0.2, 0.25) is 0 Å². The highest BCUT2D eigenvalue weighted by Gasteiger charge is 2.15. The van der Waals surface area contributed by atoms with Crippen molar-refractivity contribution in [2.75, 3.05) is 13.2 Å². The van der Waals surface area contributed by atoms with E-state index in [0.717, 1.165) is 18.7 Å².